The molecule has 30 heavy (non-hydrogen) atoms. The zero-order valence-electron chi connectivity index (χ0n) is 17.7. The summed E-state index contributed by atoms with van der Waals surface area (Å²) in [5, 5.41) is 4.96. The van der Waals surface area contributed by atoms with Gasteiger partial charge in [-0.15, -0.1) is 11.3 Å². The lowest BCUT2D eigenvalue weighted by molar-refractivity contribution is -0.125. The van der Waals surface area contributed by atoms with Gasteiger partial charge in [-0.05, 0) is 49.3 Å². The van der Waals surface area contributed by atoms with Crippen molar-refractivity contribution in [3.63, 3.8) is 0 Å². The predicted molar refractivity (Wildman–Crippen MR) is 123 cm³/mol. The molecule has 1 amide bonds. The maximum absolute atomic E-state index is 13.4. The monoisotopic (exact) mass is 424 g/mol. The summed E-state index contributed by atoms with van der Waals surface area (Å²) in [6.45, 7) is 8.24. The number of carbonyl (C=O) groups excluding carboxylic acids is 1. The minimum atomic E-state index is -0.0981. The number of amides is 1. The van der Waals surface area contributed by atoms with Crippen LogP contribution in [0.2, 0.25) is 0 Å². The highest BCUT2D eigenvalue weighted by atomic mass is 32.1. The van der Waals surface area contributed by atoms with E-state index in [1.807, 2.05) is 42.6 Å². The third-order valence-electron chi connectivity index (χ3n) is 5.51. The first-order chi connectivity index (χ1) is 14.4. The Morgan fingerprint density at radius 2 is 2.03 bits per heavy atom. The van der Waals surface area contributed by atoms with Crippen LogP contribution in [0.5, 0.6) is 0 Å². The number of piperidine rings is 1. The minimum absolute atomic E-state index is 0.0553. The Bertz CT molecular complexity index is 1100. The molecule has 1 aliphatic rings. The lowest BCUT2D eigenvalue weighted by Crippen LogP contribution is -2.45. The number of nitrogens with zero attached hydrogens (tertiary/aromatic N) is 3. The van der Waals surface area contributed by atoms with Crippen LogP contribution >= 0.6 is 11.3 Å². The van der Waals surface area contributed by atoms with Gasteiger partial charge in [-0.2, -0.15) is 0 Å². The van der Waals surface area contributed by atoms with Gasteiger partial charge in [0.05, 0.1) is 17.1 Å². The molecule has 1 aromatic carbocycles. The summed E-state index contributed by atoms with van der Waals surface area (Å²) >= 11 is 1.42. The number of anilines is 1. The van der Waals surface area contributed by atoms with Gasteiger partial charge in [0.15, 0.2) is 0 Å². The van der Waals surface area contributed by atoms with Gasteiger partial charge in [0, 0.05) is 19.6 Å². The van der Waals surface area contributed by atoms with Crippen LogP contribution in [0.3, 0.4) is 0 Å². The summed E-state index contributed by atoms with van der Waals surface area (Å²) in [5.41, 5.74) is 2.60. The number of rotatable bonds is 5. The molecule has 1 unspecified atom stereocenters. The van der Waals surface area contributed by atoms with Gasteiger partial charge in [0.25, 0.3) is 5.56 Å². The molecule has 0 saturated carbocycles. The van der Waals surface area contributed by atoms with Gasteiger partial charge >= 0.3 is 0 Å². The molecule has 2 aromatic heterocycles. The highest BCUT2D eigenvalue weighted by Gasteiger charge is 2.29. The second-order valence-corrected chi connectivity index (χ2v) is 9.36. The average Bonchev–Trinajstić information content (AvgIpc) is 3.22. The van der Waals surface area contributed by atoms with E-state index in [0.717, 1.165) is 36.2 Å². The number of benzene rings is 1. The van der Waals surface area contributed by atoms with Crippen molar-refractivity contribution in [2.75, 3.05) is 24.5 Å². The maximum Gasteiger partial charge on any atom is 0.277 e. The summed E-state index contributed by atoms with van der Waals surface area (Å²) in [6.07, 6.45) is 1.75. The van der Waals surface area contributed by atoms with Crippen molar-refractivity contribution in [3.05, 3.63) is 51.6 Å². The largest absolute Gasteiger partial charge is 0.356 e. The summed E-state index contributed by atoms with van der Waals surface area (Å²) in [6, 6.07) is 9.81. The maximum atomic E-state index is 13.4. The summed E-state index contributed by atoms with van der Waals surface area (Å²) in [7, 11) is 0. The number of aryl methyl sites for hydroxylation is 1. The predicted octanol–water partition coefficient (Wildman–Crippen LogP) is 3.74. The molecule has 0 bridgehead atoms. The van der Waals surface area contributed by atoms with Crippen LogP contribution in [0.25, 0.3) is 15.9 Å². The molecular formula is C23H28N4O2S. The van der Waals surface area contributed by atoms with Gasteiger partial charge < -0.3 is 10.2 Å². The van der Waals surface area contributed by atoms with Gasteiger partial charge in [0.1, 0.15) is 4.70 Å². The van der Waals surface area contributed by atoms with Gasteiger partial charge in [-0.1, -0.05) is 31.5 Å². The number of aromatic nitrogens is 2. The standard InChI is InChI=1S/C23H28N4O2S/c1-15(2)13-24-21(28)17-5-4-11-26(14-17)23-25-19-10-12-30-20(19)22(29)27(23)18-8-6-16(3)7-9-18/h6-10,12,15,17H,4-5,11,13-14H2,1-3H3,(H,24,28). The number of hydrogen-bond acceptors (Lipinski definition) is 5. The Labute approximate surface area is 180 Å². The number of hydrogen-bond donors (Lipinski definition) is 1. The zero-order chi connectivity index (χ0) is 21.3. The van der Waals surface area contributed by atoms with E-state index < -0.39 is 0 Å². The van der Waals surface area contributed by atoms with Crippen LogP contribution in [0.15, 0.2) is 40.5 Å². The topological polar surface area (TPSA) is 67.2 Å². The molecule has 6 nitrogen and oxygen atoms in total. The molecule has 1 saturated heterocycles. The van der Waals surface area contributed by atoms with Crippen molar-refractivity contribution >= 4 is 33.4 Å². The first-order valence-corrected chi connectivity index (χ1v) is 11.4. The minimum Gasteiger partial charge on any atom is -0.356 e. The van der Waals surface area contributed by atoms with Crippen LogP contribution in [-0.2, 0) is 4.79 Å². The quantitative estimate of drug-likeness (QED) is 0.677. The van der Waals surface area contributed by atoms with Crippen LogP contribution in [-0.4, -0.2) is 35.1 Å². The Kier molecular flexibility index (Phi) is 5.90. The first-order valence-electron chi connectivity index (χ1n) is 10.5. The fraction of sp³-hybridized carbons (Fsp3) is 0.435. The van der Waals surface area contributed by atoms with Crippen LogP contribution in [0.1, 0.15) is 32.3 Å². The van der Waals surface area contributed by atoms with Gasteiger partial charge in [-0.25, -0.2) is 9.55 Å². The molecule has 7 heteroatoms. The molecule has 0 aliphatic carbocycles. The fourth-order valence-electron chi connectivity index (χ4n) is 3.86. The molecule has 1 atom stereocenters. The summed E-state index contributed by atoms with van der Waals surface area (Å²) in [4.78, 5) is 33.0. The molecular weight excluding hydrogens is 396 g/mol. The van der Waals surface area contributed by atoms with Crippen LogP contribution in [0, 0.1) is 18.8 Å². The van der Waals surface area contributed by atoms with E-state index in [1.54, 1.807) is 4.57 Å². The fourth-order valence-corrected chi connectivity index (χ4v) is 4.62. The Morgan fingerprint density at radius 3 is 2.77 bits per heavy atom. The van der Waals surface area contributed by atoms with E-state index >= 15 is 0 Å². The molecule has 0 radical (unpaired) electrons. The van der Waals surface area contributed by atoms with E-state index in [9.17, 15) is 9.59 Å². The first kappa shape index (κ1) is 20.6. The third-order valence-corrected chi connectivity index (χ3v) is 6.41. The lowest BCUT2D eigenvalue weighted by Gasteiger charge is -2.34. The second-order valence-electron chi connectivity index (χ2n) is 8.45. The molecule has 3 heterocycles. The van der Waals surface area contributed by atoms with Crippen molar-refractivity contribution < 1.29 is 4.79 Å². The van der Waals surface area contributed by atoms with E-state index in [-0.39, 0.29) is 17.4 Å². The van der Waals surface area contributed by atoms with E-state index in [1.165, 1.54) is 11.3 Å². The van der Waals surface area contributed by atoms with E-state index in [0.29, 0.717) is 29.7 Å². The highest BCUT2D eigenvalue weighted by molar-refractivity contribution is 7.17. The van der Waals surface area contributed by atoms with Crippen LogP contribution in [0.4, 0.5) is 5.95 Å². The molecule has 1 fully saturated rings. The molecule has 3 aromatic rings. The summed E-state index contributed by atoms with van der Waals surface area (Å²) < 4.78 is 2.36. The van der Waals surface area contributed by atoms with Crippen LogP contribution < -0.4 is 15.8 Å². The van der Waals surface area contributed by atoms with Crippen molar-refractivity contribution in [1.82, 2.24) is 14.9 Å². The molecule has 0 spiro atoms. The third kappa shape index (κ3) is 4.12. The molecule has 1 N–H and O–H groups in total. The highest BCUT2D eigenvalue weighted by Crippen LogP contribution is 2.26. The van der Waals surface area contributed by atoms with Crippen molar-refractivity contribution in [2.24, 2.45) is 11.8 Å². The van der Waals surface area contributed by atoms with Crippen molar-refractivity contribution in [1.29, 1.82) is 0 Å². The Balaban J connectivity index is 1.72. The van der Waals surface area contributed by atoms with E-state index in [2.05, 4.69) is 24.1 Å². The number of fused-ring (bicyclic) bond motifs is 1. The molecule has 158 valence electrons. The number of nitrogens with one attached hydrogen (secondary N) is 1. The van der Waals surface area contributed by atoms with Crippen molar-refractivity contribution in [2.45, 2.75) is 33.6 Å². The smallest absolute Gasteiger partial charge is 0.277 e. The number of thiophene rings is 1. The normalized spacial score (nSPS) is 16.9. The van der Waals surface area contributed by atoms with Gasteiger partial charge in [0.2, 0.25) is 11.9 Å². The second kappa shape index (κ2) is 8.60. The Morgan fingerprint density at radius 1 is 1.27 bits per heavy atom. The SMILES string of the molecule is Cc1ccc(-n2c(N3CCCC(C(=O)NCC(C)C)C3)nc3ccsc3c2=O)cc1. The Hall–Kier alpha value is -2.67. The number of carbonyl (C=O) groups is 1. The van der Waals surface area contributed by atoms with Crippen molar-refractivity contribution in [3.8, 4) is 5.69 Å². The average molecular weight is 425 g/mol. The zero-order valence-corrected chi connectivity index (χ0v) is 18.5. The summed E-state index contributed by atoms with van der Waals surface area (Å²) in [5.74, 6) is 1.03. The molecule has 4 rings (SSSR count). The van der Waals surface area contributed by atoms with Gasteiger partial charge in [-0.3, -0.25) is 9.59 Å². The van der Waals surface area contributed by atoms with E-state index in [4.69, 9.17) is 4.98 Å². The lowest BCUT2D eigenvalue weighted by atomic mass is 9.97. The molecule has 1 aliphatic heterocycles.